The number of anilines is 1. The molecular weight excluding hydrogens is 324 g/mol. The van der Waals surface area contributed by atoms with Crippen molar-refractivity contribution in [3.63, 3.8) is 0 Å². The number of fused-ring (bicyclic) bond motifs is 1. The van der Waals surface area contributed by atoms with Gasteiger partial charge in [-0.05, 0) is 25.1 Å². The van der Waals surface area contributed by atoms with E-state index in [1.807, 2.05) is 34.7 Å². The summed E-state index contributed by atoms with van der Waals surface area (Å²) in [6, 6.07) is 18.6. The van der Waals surface area contributed by atoms with Gasteiger partial charge in [0.05, 0.1) is 17.8 Å². The molecule has 2 aromatic carbocycles. The van der Waals surface area contributed by atoms with Crippen molar-refractivity contribution in [3.05, 3.63) is 60.3 Å². The minimum absolute atomic E-state index is 0.218. The quantitative estimate of drug-likeness (QED) is 0.728. The maximum absolute atomic E-state index is 12.6. The highest BCUT2D eigenvalue weighted by molar-refractivity contribution is 5.82. The Kier molecular flexibility index (Phi) is 4.61. The van der Waals surface area contributed by atoms with Crippen molar-refractivity contribution < 1.29 is 4.79 Å². The van der Waals surface area contributed by atoms with E-state index in [1.54, 1.807) is 0 Å². The fourth-order valence-corrected chi connectivity index (χ4v) is 3.68. The Morgan fingerprint density at radius 1 is 0.962 bits per heavy atom. The summed E-state index contributed by atoms with van der Waals surface area (Å²) in [6.45, 7) is 5.99. The fraction of sp³-hybridized carbons (Fsp3) is 0.333. The third kappa shape index (κ3) is 3.29. The number of aromatic nitrogens is 2. The highest BCUT2D eigenvalue weighted by atomic mass is 16.2. The molecule has 5 nitrogen and oxygen atoms in total. The van der Waals surface area contributed by atoms with Gasteiger partial charge in [-0.25, -0.2) is 0 Å². The number of hydrogen-bond donors (Lipinski definition) is 0. The molecule has 2 heterocycles. The van der Waals surface area contributed by atoms with Crippen molar-refractivity contribution in [1.29, 1.82) is 0 Å². The Labute approximate surface area is 153 Å². The fourth-order valence-electron chi connectivity index (χ4n) is 3.68. The molecule has 0 aliphatic carbocycles. The smallest absolute Gasteiger partial charge is 0.224 e. The van der Waals surface area contributed by atoms with Crippen LogP contribution in [0.15, 0.2) is 54.6 Å². The molecule has 26 heavy (non-hydrogen) atoms. The molecule has 0 radical (unpaired) electrons. The molecular formula is C21H24N4O. The van der Waals surface area contributed by atoms with E-state index in [2.05, 4.69) is 46.4 Å². The first-order valence-electron chi connectivity index (χ1n) is 9.22. The molecule has 0 N–H and O–H groups in total. The zero-order chi connectivity index (χ0) is 17.9. The average molecular weight is 348 g/mol. The molecule has 0 spiro atoms. The second kappa shape index (κ2) is 7.20. The number of piperazine rings is 1. The SMILES string of the molecule is Cc1nn(CCC(=O)N2CCN(c3ccccc3)CC2)c2ccccc12. The molecule has 5 heteroatoms. The largest absolute Gasteiger partial charge is 0.368 e. The first-order valence-corrected chi connectivity index (χ1v) is 9.22. The van der Waals surface area contributed by atoms with Crippen LogP contribution < -0.4 is 4.90 Å². The molecule has 1 aliphatic heterocycles. The molecule has 0 atom stereocenters. The first kappa shape index (κ1) is 16.6. The lowest BCUT2D eigenvalue weighted by atomic mass is 10.2. The lowest BCUT2D eigenvalue weighted by Gasteiger charge is -2.36. The topological polar surface area (TPSA) is 41.4 Å². The molecule has 0 saturated carbocycles. The summed E-state index contributed by atoms with van der Waals surface area (Å²) in [7, 11) is 0. The van der Waals surface area contributed by atoms with E-state index >= 15 is 0 Å². The van der Waals surface area contributed by atoms with Gasteiger partial charge in [0.25, 0.3) is 0 Å². The molecule has 0 unspecified atom stereocenters. The summed E-state index contributed by atoms with van der Waals surface area (Å²) < 4.78 is 1.96. The number of aryl methyl sites for hydroxylation is 2. The number of benzene rings is 2. The highest BCUT2D eigenvalue weighted by Crippen LogP contribution is 2.19. The van der Waals surface area contributed by atoms with Gasteiger partial charge in [0.15, 0.2) is 0 Å². The summed E-state index contributed by atoms with van der Waals surface area (Å²) in [5, 5.41) is 5.76. The van der Waals surface area contributed by atoms with Crippen molar-refractivity contribution in [2.75, 3.05) is 31.1 Å². The van der Waals surface area contributed by atoms with Crippen molar-refractivity contribution >= 4 is 22.5 Å². The molecule has 1 fully saturated rings. The van der Waals surface area contributed by atoms with Crippen molar-refractivity contribution in [1.82, 2.24) is 14.7 Å². The van der Waals surface area contributed by atoms with E-state index in [4.69, 9.17) is 0 Å². The molecule has 1 amide bonds. The van der Waals surface area contributed by atoms with E-state index < -0.39 is 0 Å². The normalized spacial score (nSPS) is 14.8. The summed E-state index contributed by atoms with van der Waals surface area (Å²) in [4.78, 5) is 16.9. The summed E-state index contributed by atoms with van der Waals surface area (Å²) >= 11 is 0. The van der Waals surface area contributed by atoms with Crippen molar-refractivity contribution in [2.24, 2.45) is 0 Å². The summed E-state index contributed by atoms with van der Waals surface area (Å²) in [5.74, 6) is 0.218. The molecule has 1 aliphatic rings. The Morgan fingerprint density at radius 2 is 1.65 bits per heavy atom. The van der Waals surface area contributed by atoms with E-state index in [-0.39, 0.29) is 5.91 Å². The van der Waals surface area contributed by atoms with Crippen LogP contribution in [0.25, 0.3) is 10.9 Å². The van der Waals surface area contributed by atoms with Gasteiger partial charge in [-0.2, -0.15) is 5.10 Å². The predicted octanol–water partition coefficient (Wildman–Crippen LogP) is 3.08. The number of carbonyl (C=O) groups excluding carboxylic acids is 1. The van der Waals surface area contributed by atoms with Gasteiger partial charge in [-0.3, -0.25) is 9.48 Å². The van der Waals surface area contributed by atoms with Crippen LogP contribution in [-0.2, 0) is 11.3 Å². The monoisotopic (exact) mass is 348 g/mol. The van der Waals surface area contributed by atoms with Gasteiger partial charge in [-0.1, -0.05) is 36.4 Å². The zero-order valence-corrected chi connectivity index (χ0v) is 15.1. The van der Waals surface area contributed by atoms with Crippen LogP contribution in [0.1, 0.15) is 12.1 Å². The van der Waals surface area contributed by atoms with E-state index in [9.17, 15) is 4.79 Å². The van der Waals surface area contributed by atoms with E-state index in [1.165, 1.54) is 5.69 Å². The number of nitrogens with zero attached hydrogens (tertiary/aromatic N) is 4. The van der Waals surface area contributed by atoms with Crippen molar-refractivity contribution in [3.8, 4) is 0 Å². The predicted molar refractivity (Wildman–Crippen MR) is 104 cm³/mol. The number of hydrogen-bond acceptors (Lipinski definition) is 3. The van der Waals surface area contributed by atoms with Gasteiger partial charge in [0, 0.05) is 43.7 Å². The minimum Gasteiger partial charge on any atom is -0.368 e. The van der Waals surface area contributed by atoms with Gasteiger partial charge in [0.2, 0.25) is 5.91 Å². The van der Waals surface area contributed by atoms with E-state index in [0.717, 1.165) is 42.8 Å². The molecule has 3 aromatic rings. The van der Waals surface area contributed by atoms with Crippen LogP contribution in [0.4, 0.5) is 5.69 Å². The third-order valence-electron chi connectivity index (χ3n) is 5.13. The van der Waals surface area contributed by atoms with Crippen LogP contribution in [-0.4, -0.2) is 46.8 Å². The van der Waals surface area contributed by atoms with Crippen LogP contribution >= 0.6 is 0 Å². The highest BCUT2D eigenvalue weighted by Gasteiger charge is 2.21. The van der Waals surface area contributed by atoms with Crippen LogP contribution in [0.3, 0.4) is 0 Å². The first-order chi connectivity index (χ1) is 12.7. The number of amides is 1. The van der Waals surface area contributed by atoms with Crippen molar-refractivity contribution in [2.45, 2.75) is 19.9 Å². The maximum Gasteiger partial charge on any atom is 0.224 e. The number of carbonyl (C=O) groups is 1. The van der Waals surface area contributed by atoms with Gasteiger partial charge < -0.3 is 9.80 Å². The van der Waals surface area contributed by atoms with Crippen LogP contribution in [0, 0.1) is 6.92 Å². The Hall–Kier alpha value is -2.82. The standard InChI is InChI=1S/C21H24N4O/c1-17-19-9-5-6-10-20(19)25(22-17)12-11-21(26)24-15-13-23(14-16-24)18-7-3-2-4-8-18/h2-10H,11-16H2,1H3. The van der Waals surface area contributed by atoms with Gasteiger partial charge >= 0.3 is 0 Å². The third-order valence-corrected chi connectivity index (χ3v) is 5.13. The van der Waals surface area contributed by atoms with E-state index in [0.29, 0.717) is 13.0 Å². The number of para-hydroxylation sites is 2. The van der Waals surface area contributed by atoms with Gasteiger partial charge in [-0.15, -0.1) is 0 Å². The molecule has 1 saturated heterocycles. The molecule has 0 bridgehead atoms. The van der Waals surface area contributed by atoms with Gasteiger partial charge in [0.1, 0.15) is 0 Å². The second-order valence-corrected chi connectivity index (χ2v) is 6.78. The summed E-state index contributed by atoms with van der Waals surface area (Å²) in [5.41, 5.74) is 3.36. The van der Waals surface area contributed by atoms with Crippen LogP contribution in [0.2, 0.25) is 0 Å². The summed E-state index contributed by atoms with van der Waals surface area (Å²) in [6.07, 6.45) is 0.496. The molecule has 4 rings (SSSR count). The molecule has 134 valence electrons. The maximum atomic E-state index is 12.6. The minimum atomic E-state index is 0.218. The average Bonchev–Trinajstić information content (AvgIpc) is 3.03. The zero-order valence-electron chi connectivity index (χ0n) is 15.1. The Bertz CT molecular complexity index is 895. The lowest BCUT2D eigenvalue weighted by molar-refractivity contribution is -0.131. The number of rotatable bonds is 4. The lowest BCUT2D eigenvalue weighted by Crippen LogP contribution is -2.48. The Balaban J connectivity index is 1.34. The molecule has 1 aromatic heterocycles. The van der Waals surface area contributed by atoms with Crippen LogP contribution in [0.5, 0.6) is 0 Å². The second-order valence-electron chi connectivity index (χ2n) is 6.78. The Morgan fingerprint density at radius 3 is 2.42 bits per heavy atom.